The minimum atomic E-state index is -0.448. The van der Waals surface area contributed by atoms with Gasteiger partial charge < -0.3 is 9.47 Å². The van der Waals surface area contributed by atoms with Crippen LogP contribution in [0.5, 0.6) is 11.5 Å². The van der Waals surface area contributed by atoms with Crippen molar-refractivity contribution in [2.75, 3.05) is 13.7 Å². The van der Waals surface area contributed by atoms with Crippen molar-refractivity contribution in [2.24, 2.45) is 0 Å². The van der Waals surface area contributed by atoms with E-state index in [4.69, 9.17) is 9.47 Å². The van der Waals surface area contributed by atoms with Crippen LogP contribution in [0.1, 0.15) is 0 Å². The molecule has 0 aliphatic rings. The van der Waals surface area contributed by atoms with Crippen LogP contribution in [0.15, 0.2) is 46.1 Å². The van der Waals surface area contributed by atoms with Crippen molar-refractivity contribution < 1.29 is 9.47 Å². The smallest absolute Gasteiger partial charge is 0.328 e. The van der Waals surface area contributed by atoms with E-state index in [-0.39, 0.29) is 0 Å². The highest BCUT2D eigenvalue weighted by atomic mass is 16.5. The second-order valence-corrected chi connectivity index (χ2v) is 3.80. The van der Waals surface area contributed by atoms with Gasteiger partial charge in [0.2, 0.25) is 0 Å². The molecule has 1 aromatic carbocycles. The molecule has 1 N–H and O–H groups in total. The molecule has 0 atom stereocenters. The lowest BCUT2D eigenvalue weighted by Gasteiger charge is -2.10. The Kier molecular flexibility index (Phi) is 4.02. The normalized spacial score (nSPS) is 10.2. The lowest BCUT2D eigenvalue weighted by Crippen LogP contribution is -2.30. The lowest BCUT2D eigenvalue weighted by molar-refractivity contribution is 0.277. The first-order chi connectivity index (χ1) is 9.20. The fourth-order valence-corrected chi connectivity index (χ4v) is 1.61. The zero-order valence-electron chi connectivity index (χ0n) is 10.5. The Balaban J connectivity index is 2.00. The number of para-hydroxylation sites is 2. The maximum Gasteiger partial charge on any atom is 0.328 e. The highest BCUT2D eigenvalue weighted by Crippen LogP contribution is 2.25. The van der Waals surface area contributed by atoms with Crippen molar-refractivity contribution in [2.45, 2.75) is 6.54 Å². The molecule has 1 heterocycles. The average molecular weight is 262 g/mol. The molecule has 0 aliphatic carbocycles. The lowest BCUT2D eigenvalue weighted by atomic mass is 10.3. The number of hydrogen-bond acceptors (Lipinski definition) is 4. The molecule has 6 nitrogen and oxygen atoms in total. The van der Waals surface area contributed by atoms with Crippen LogP contribution < -0.4 is 20.7 Å². The van der Waals surface area contributed by atoms with Gasteiger partial charge in [0.05, 0.1) is 13.7 Å². The second-order valence-electron chi connectivity index (χ2n) is 3.80. The van der Waals surface area contributed by atoms with Gasteiger partial charge in [-0.1, -0.05) is 12.1 Å². The van der Waals surface area contributed by atoms with E-state index >= 15 is 0 Å². The maximum absolute atomic E-state index is 11.4. The van der Waals surface area contributed by atoms with E-state index in [1.54, 1.807) is 19.2 Å². The quantitative estimate of drug-likeness (QED) is 0.857. The van der Waals surface area contributed by atoms with Gasteiger partial charge in [-0.2, -0.15) is 0 Å². The molecule has 100 valence electrons. The second kappa shape index (κ2) is 5.90. The van der Waals surface area contributed by atoms with Crippen molar-refractivity contribution in [3.8, 4) is 11.5 Å². The first kappa shape index (κ1) is 12.9. The Morgan fingerprint density at radius 3 is 2.58 bits per heavy atom. The molecule has 0 saturated carbocycles. The van der Waals surface area contributed by atoms with E-state index in [0.29, 0.717) is 24.7 Å². The van der Waals surface area contributed by atoms with Gasteiger partial charge in [0.25, 0.3) is 5.56 Å². The number of benzene rings is 1. The van der Waals surface area contributed by atoms with Crippen molar-refractivity contribution in [1.29, 1.82) is 0 Å². The van der Waals surface area contributed by atoms with Crippen molar-refractivity contribution >= 4 is 0 Å². The summed E-state index contributed by atoms with van der Waals surface area (Å²) < 4.78 is 12.1. The number of nitrogens with one attached hydrogen (secondary N) is 1. The summed E-state index contributed by atoms with van der Waals surface area (Å²) in [4.78, 5) is 24.5. The number of nitrogens with zero attached hydrogens (tertiary/aromatic N) is 1. The Morgan fingerprint density at radius 2 is 1.89 bits per heavy atom. The molecule has 0 unspecified atom stereocenters. The molecule has 2 rings (SSSR count). The van der Waals surface area contributed by atoms with E-state index in [2.05, 4.69) is 4.98 Å². The van der Waals surface area contributed by atoms with E-state index in [1.165, 1.54) is 16.8 Å². The number of ether oxygens (including phenoxy) is 2. The average Bonchev–Trinajstić information content (AvgIpc) is 2.42. The van der Waals surface area contributed by atoms with E-state index in [0.717, 1.165) is 0 Å². The number of H-pyrrole nitrogens is 1. The maximum atomic E-state index is 11.4. The molecular formula is C13H14N2O4. The largest absolute Gasteiger partial charge is 0.493 e. The zero-order chi connectivity index (χ0) is 13.7. The van der Waals surface area contributed by atoms with Gasteiger partial charge in [-0.15, -0.1) is 0 Å². The summed E-state index contributed by atoms with van der Waals surface area (Å²) in [6, 6.07) is 8.56. The molecule has 0 aliphatic heterocycles. The number of hydrogen-bond donors (Lipinski definition) is 1. The minimum absolute atomic E-state index is 0.298. The fraction of sp³-hybridized carbons (Fsp3) is 0.231. The van der Waals surface area contributed by atoms with Gasteiger partial charge in [-0.25, -0.2) is 4.79 Å². The molecule has 0 amide bonds. The first-order valence-corrected chi connectivity index (χ1v) is 5.76. The zero-order valence-corrected chi connectivity index (χ0v) is 10.5. The predicted octanol–water partition coefficient (Wildman–Crippen LogP) is 0.624. The summed E-state index contributed by atoms with van der Waals surface area (Å²) >= 11 is 0. The molecule has 0 fully saturated rings. The fourth-order valence-electron chi connectivity index (χ4n) is 1.61. The van der Waals surface area contributed by atoms with Crippen LogP contribution in [0, 0.1) is 0 Å². The van der Waals surface area contributed by atoms with Crippen LogP contribution in [-0.4, -0.2) is 23.3 Å². The van der Waals surface area contributed by atoms with Gasteiger partial charge in [0.1, 0.15) is 6.61 Å². The van der Waals surface area contributed by atoms with Crippen molar-refractivity contribution in [3.63, 3.8) is 0 Å². The number of rotatable bonds is 5. The van der Waals surface area contributed by atoms with E-state index < -0.39 is 11.2 Å². The third-order valence-electron chi connectivity index (χ3n) is 2.56. The van der Waals surface area contributed by atoms with E-state index in [1.807, 2.05) is 12.1 Å². The van der Waals surface area contributed by atoms with Crippen molar-refractivity contribution in [3.05, 3.63) is 57.4 Å². The SMILES string of the molecule is COc1ccccc1OCCn1ccc(=O)[nH]c1=O. The van der Waals surface area contributed by atoms with Crippen LogP contribution in [0.25, 0.3) is 0 Å². The summed E-state index contributed by atoms with van der Waals surface area (Å²) in [5.74, 6) is 1.25. The topological polar surface area (TPSA) is 73.3 Å². The monoisotopic (exact) mass is 262 g/mol. The highest BCUT2D eigenvalue weighted by molar-refractivity contribution is 5.39. The predicted molar refractivity (Wildman–Crippen MR) is 69.8 cm³/mol. The first-order valence-electron chi connectivity index (χ1n) is 5.76. The highest BCUT2D eigenvalue weighted by Gasteiger charge is 2.02. The Labute approximate surface area is 109 Å². The summed E-state index contributed by atoms with van der Waals surface area (Å²) in [6.45, 7) is 0.639. The van der Waals surface area contributed by atoms with Crippen LogP contribution >= 0.6 is 0 Å². The van der Waals surface area contributed by atoms with E-state index in [9.17, 15) is 9.59 Å². The number of aromatic nitrogens is 2. The molecule has 6 heteroatoms. The van der Waals surface area contributed by atoms with Gasteiger partial charge >= 0.3 is 5.69 Å². The molecular weight excluding hydrogens is 248 g/mol. The van der Waals surface area contributed by atoms with Gasteiger partial charge in [0.15, 0.2) is 11.5 Å². The molecule has 19 heavy (non-hydrogen) atoms. The summed E-state index contributed by atoms with van der Waals surface area (Å²) in [5.41, 5.74) is -0.858. The summed E-state index contributed by atoms with van der Waals surface area (Å²) in [7, 11) is 1.56. The van der Waals surface area contributed by atoms with Gasteiger partial charge in [-0.3, -0.25) is 14.3 Å². The number of aromatic amines is 1. The summed E-state index contributed by atoms with van der Waals surface area (Å²) in [5, 5.41) is 0. The van der Waals surface area contributed by atoms with Crippen LogP contribution in [-0.2, 0) is 6.54 Å². The molecule has 0 radical (unpaired) electrons. The molecule has 0 spiro atoms. The third-order valence-corrected chi connectivity index (χ3v) is 2.56. The Bertz CT molecular complexity index is 660. The van der Waals surface area contributed by atoms with Crippen molar-refractivity contribution in [1.82, 2.24) is 9.55 Å². The molecule has 2 aromatic rings. The summed E-state index contributed by atoms with van der Waals surface area (Å²) in [6.07, 6.45) is 1.44. The number of methoxy groups -OCH3 is 1. The molecule has 0 bridgehead atoms. The minimum Gasteiger partial charge on any atom is -0.493 e. The van der Waals surface area contributed by atoms with Crippen LogP contribution in [0.4, 0.5) is 0 Å². The van der Waals surface area contributed by atoms with Gasteiger partial charge in [0, 0.05) is 12.3 Å². The third kappa shape index (κ3) is 3.25. The van der Waals surface area contributed by atoms with Crippen LogP contribution in [0.2, 0.25) is 0 Å². The Morgan fingerprint density at radius 1 is 1.16 bits per heavy atom. The Hall–Kier alpha value is -2.50. The standard InChI is InChI=1S/C13H14N2O4/c1-18-10-4-2-3-5-11(10)19-9-8-15-7-6-12(16)14-13(15)17/h2-7H,8-9H2,1H3,(H,14,16,17). The van der Waals surface area contributed by atoms with Gasteiger partial charge in [-0.05, 0) is 12.1 Å². The van der Waals surface area contributed by atoms with Crippen LogP contribution in [0.3, 0.4) is 0 Å². The molecule has 1 aromatic heterocycles. The molecule has 0 saturated heterocycles.